The van der Waals surface area contributed by atoms with Crippen LogP contribution in [0.5, 0.6) is 0 Å². The highest BCUT2D eigenvalue weighted by molar-refractivity contribution is 7.89. The van der Waals surface area contributed by atoms with Crippen molar-refractivity contribution in [2.75, 3.05) is 31.6 Å². The lowest BCUT2D eigenvalue weighted by atomic mass is 10.2. The zero-order chi connectivity index (χ0) is 15.5. The zero-order valence-electron chi connectivity index (χ0n) is 12.2. The summed E-state index contributed by atoms with van der Waals surface area (Å²) in [5, 5.41) is 12.2. The fourth-order valence-corrected chi connectivity index (χ4v) is 4.05. The van der Waals surface area contributed by atoms with Gasteiger partial charge in [-0.15, -0.1) is 0 Å². The van der Waals surface area contributed by atoms with Crippen LogP contribution < -0.4 is 5.32 Å². The van der Waals surface area contributed by atoms with Crippen molar-refractivity contribution in [3.8, 4) is 0 Å². The molecule has 0 saturated carbocycles. The maximum atomic E-state index is 12.9. The number of nitrogens with zero attached hydrogens (tertiary/aromatic N) is 2. The lowest BCUT2D eigenvalue weighted by Crippen LogP contribution is -2.51. The summed E-state index contributed by atoms with van der Waals surface area (Å²) < 4.78 is 32.5. The Kier molecular flexibility index (Phi) is 5.15. The standard InChI is InChI=1S/C13H21N3O4S/c1-3-15-12-4-5-14-6-13(12)21(18,19)16-7-11(8-17)20-9-10(16)2/h4-6,10-11,17H,3,7-9H2,1-2H3,(H,14,15). The number of ether oxygens (including phenoxy) is 1. The molecule has 2 heterocycles. The number of aromatic nitrogens is 1. The van der Waals surface area contributed by atoms with Crippen LogP contribution in [-0.4, -0.2) is 61.3 Å². The van der Waals surface area contributed by atoms with E-state index in [0.29, 0.717) is 12.2 Å². The molecule has 0 aliphatic carbocycles. The molecular formula is C13H21N3O4S. The van der Waals surface area contributed by atoms with E-state index in [4.69, 9.17) is 4.74 Å². The van der Waals surface area contributed by atoms with E-state index in [9.17, 15) is 13.5 Å². The summed E-state index contributed by atoms with van der Waals surface area (Å²) in [4.78, 5) is 4.08. The normalized spacial score (nSPS) is 24.0. The monoisotopic (exact) mass is 315 g/mol. The Balaban J connectivity index is 2.36. The number of rotatable bonds is 5. The third-order valence-corrected chi connectivity index (χ3v) is 5.40. The van der Waals surface area contributed by atoms with Gasteiger partial charge >= 0.3 is 0 Å². The number of aliphatic hydroxyl groups is 1. The van der Waals surface area contributed by atoms with Crippen LogP contribution in [0.4, 0.5) is 5.69 Å². The van der Waals surface area contributed by atoms with Gasteiger partial charge in [0.25, 0.3) is 0 Å². The van der Waals surface area contributed by atoms with E-state index in [2.05, 4.69) is 10.3 Å². The average molecular weight is 315 g/mol. The molecule has 1 aromatic heterocycles. The first-order valence-electron chi connectivity index (χ1n) is 6.92. The SMILES string of the molecule is CCNc1ccncc1S(=O)(=O)N1CC(CO)OCC1C. The molecule has 118 valence electrons. The van der Waals surface area contributed by atoms with Crippen LogP contribution in [0.1, 0.15) is 13.8 Å². The first-order chi connectivity index (χ1) is 10.0. The molecule has 1 aliphatic rings. The summed E-state index contributed by atoms with van der Waals surface area (Å²) in [6.07, 6.45) is 2.41. The number of aliphatic hydroxyl groups excluding tert-OH is 1. The first-order valence-corrected chi connectivity index (χ1v) is 8.36. The van der Waals surface area contributed by atoms with Gasteiger partial charge in [0.2, 0.25) is 10.0 Å². The van der Waals surface area contributed by atoms with Crippen molar-refractivity contribution >= 4 is 15.7 Å². The van der Waals surface area contributed by atoms with Crippen molar-refractivity contribution in [1.82, 2.24) is 9.29 Å². The zero-order valence-corrected chi connectivity index (χ0v) is 13.0. The fraction of sp³-hybridized carbons (Fsp3) is 0.615. The molecule has 0 bridgehead atoms. The quantitative estimate of drug-likeness (QED) is 0.811. The number of hydrogen-bond acceptors (Lipinski definition) is 6. The maximum absolute atomic E-state index is 12.9. The molecule has 2 rings (SSSR count). The first kappa shape index (κ1) is 16.2. The molecule has 1 aromatic rings. The molecule has 1 saturated heterocycles. The molecule has 2 atom stereocenters. The molecular weight excluding hydrogens is 294 g/mol. The second kappa shape index (κ2) is 6.69. The van der Waals surface area contributed by atoms with Gasteiger partial charge in [0.1, 0.15) is 4.90 Å². The lowest BCUT2D eigenvalue weighted by Gasteiger charge is -2.36. The van der Waals surface area contributed by atoms with E-state index in [1.54, 1.807) is 19.2 Å². The predicted molar refractivity (Wildman–Crippen MR) is 78.6 cm³/mol. The fourth-order valence-electron chi connectivity index (χ4n) is 2.29. The van der Waals surface area contributed by atoms with Gasteiger partial charge in [-0.25, -0.2) is 8.42 Å². The van der Waals surface area contributed by atoms with Gasteiger partial charge in [0, 0.05) is 31.5 Å². The van der Waals surface area contributed by atoms with Crippen molar-refractivity contribution in [2.45, 2.75) is 30.9 Å². The van der Waals surface area contributed by atoms with Crippen molar-refractivity contribution in [3.63, 3.8) is 0 Å². The third-order valence-electron chi connectivity index (χ3n) is 3.39. The number of nitrogens with one attached hydrogen (secondary N) is 1. The van der Waals surface area contributed by atoms with Crippen LogP contribution in [0.25, 0.3) is 0 Å². The van der Waals surface area contributed by atoms with Gasteiger partial charge in [-0.1, -0.05) is 0 Å². The predicted octanol–water partition coefficient (Wildman–Crippen LogP) is 0.284. The number of sulfonamides is 1. The van der Waals surface area contributed by atoms with Gasteiger partial charge in [0.15, 0.2) is 0 Å². The number of pyridine rings is 1. The van der Waals surface area contributed by atoms with E-state index in [1.807, 2.05) is 6.92 Å². The molecule has 1 fully saturated rings. The minimum atomic E-state index is -3.69. The summed E-state index contributed by atoms with van der Waals surface area (Å²) in [6.45, 7) is 4.50. The topological polar surface area (TPSA) is 91.8 Å². The Morgan fingerprint density at radius 3 is 3.00 bits per heavy atom. The molecule has 0 aromatic carbocycles. The van der Waals surface area contributed by atoms with Gasteiger partial charge in [-0.2, -0.15) is 4.31 Å². The van der Waals surface area contributed by atoms with Crippen LogP contribution in [0.2, 0.25) is 0 Å². The van der Waals surface area contributed by atoms with Gasteiger partial charge in [0.05, 0.1) is 25.0 Å². The van der Waals surface area contributed by atoms with E-state index in [-0.39, 0.29) is 30.7 Å². The number of hydrogen-bond donors (Lipinski definition) is 2. The molecule has 1 aliphatic heterocycles. The Bertz CT molecular complexity index is 579. The summed E-state index contributed by atoms with van der Waals surface area (Å²) >= 11 is 0. The van der Waals surface area contributed by atoms with Crippen molar-refractivity contribution in [3.05, 3.63) is 18.5 Å². The maximum Gasteiger partial charge on any atom is 0.247 e. The minimum absolute atomic E-state index is 0.139. The highest BCUT2D eigenvalue weighted by Crippen LogP contribution is 2.27. The van der Waals surface area contributed by atoms with Crippen LogP contribution in [-0.2, 0) is 14.8 Å². The Morgan fingerprint density at radius 2 is 2.33 bits per heavy atom. The Hall–Kier alpha value is -1.22. The summed E-state index contributed by atoms with van der Waals surface area (Å²) in [7, 11) is -3.69. The van der Waals surface area contributed by atoms with E-state index < -0.39 is 16.1 Å². The van der Waals surface area contributed by atoms with Crippen molar-refractivity contribution in [2.24, 2.45) is 0 Å². The number of anilines is 1. The molecule has 0 radical (unpaired) electrons. The van der Waals surface area contributed by atoms with Crippen LogP contribution in [0.3, 0.4) is 0 Å². The van der Waals surface area contributed by atoms with E-state index in [0.717, 1.165) is 0 Å². The highest BCUT2D eigenvalue weighted by atomic mass is 32.2. The summed E-state index contributed by atoms with van der Waals surface area (Å²) in [6, 6.07) is 1.36. The van der Waals surface area contributed by atoms with E-state index >= 15 is 0 Å². The molecule has 0 amide bonds. The van der Waals surface area contributed by atoms with Gasteiger partial charge < -0.3 is 15.2 Å². The molecule has 2 unspecified atom stereocenters. The molecule has 21 heavy (non-hydrogen) atoms. The summed E-state index contributed by atoms with van der Waals surface area (Å²) in [5.41, 5.74) is 0.534. The van der Waals surface area contributed by atoms with Crippen molar-refractivity contribution in [1.29, 1.82) is 0 Å². The lowest BCUT2D eigenvalue weighted by molar-refractivity contribution is -0.0516. The van der Waals surface area contributed by atoms with Gasteiger partial charge in [-0.3, -0.25) is 4.98 Å². The van der Waals surface area contributed by atoms with Gasteiger partial charge in [-0.05, 0) is 19.9 Å². The summed E-state index contributed by atoms with van der Waals surface area (Å²) in [5.74, 6) is 0. The van der Waals surface area contributed by atoms with E-state index in [1.165, 1.54) is 10.5 Å². The second-order valence-electron chi connectivity index (χ2n) is 4.96. The Labute approximate surface area is 125 Å². The van der Waals surface area contributed by atoms with Crippen LogP contribution in [0, 0.1) is 0 Å². The minimum Gasteiger partial charge on any atom is -0.394 e. The largest absolute Gasteiger partial charge is 0.394 e. The number of morpholine rings is 1. The van der Waals surface area contributed by atoms with Crippen LogP contribution in [0.15, 0.2) is 23.4 Å². The molecule has 7 nitrogen and oxygen atoms in total. The second-order valence-corrected chi connectivity index (χ2v) is 6.82. The average Bonchev–Trinajstić information content (AvgIpc) is 2.48. The van der Waals surface area contributed by atoms with Crippen LogP contribution >= 0.6 is 0 Å². The molecule has 8 heteroatoms. The highest BCUT2D eigenvalue weighted by Gasteiger charge is 2.36. The molecule has 0 spiro atoms. The van der Waals surface area contributed by atoms with Crippen molar-refractivity contribution < 1.29 is 18.3 Å². The third kappa shape index (κ3) is 3.34. The smallest absolute Gasteiger partial charge is 0.247 e. The Morgan fingerprint density at radius 1 is 1.57 bits per heavy atom. The molecule has 2 N–H and O–H groups in total.